The van der Waals surface area contributed by atoms with E-state index >= 15 is 0 Å². The highest BCUT2D eigenvalue weighted by atomic mass is 16.5. The molecule has 0 aliphatic rings. The molecule has 0 heterocycles. The molecular weight excluding hydrogens is 256 g/mol. The van der Waals surface area contributed by atoms with Crippen LogP contribution in [0.3, 0.4) is 0 Å². The zero-order chi connectivity index (χ0) is 14.4. The molecule has 0 spiro atoms. The number of nitrogens with zero attached hydrogens (tertiary/aromatic N) is 1. The molecule has 2 aromatic rings. The van der Waals surface area contributed by atoms with Crippen LogP contribution in [0.5, 0.6) is 17.2 Å². The molecule has 0 radical (unpaired) electrons. The molecule has 2 rings (SSSR count). The Hall–Kier alpha value is -2.87. The Morgan fingerprint density at radius 1 is 1.10 bits per heavy atom. The highest BCUT2D eigenvalue weighted by Crippen LogP contribution is 2.25. The molecule has 0 amide bonds. The number of aromatic hydroxyl groups is 2. The summed E-state index contributed by atoms with van der Waals surface area (Å²) in [4.78, 5) is 0. The van der Waals surface area contributed by atoms with E-state index in [0.717, 1.165) is 11.3 Å². The lowest BCUT2D eigenvalue weighted by Gasteiger charge is -2.09. The molecule has 0 fully saturated rings. The summed E-state index contributed by atoms with van der Waals surface area (Å²) in [7, 11) is 0. The Balaban J connectivity index is 1.99. The van der Waals surface area contributed by atoms with Crippen LogP contribution in [0.2, 0.25) is 0 Å². The van der Waals surface area contributed by atoms with Crippen LogP contribution in [0, 0.1) is 11.3 Å². The fourth-order valence-electron chi connectivity index (χ4n) is 1.69. The maximum atomic E-state index is 9.41. The fourth-order valence-corrected chi connectivity index (χ4v) is 1.69. The molecule has 5 nitrogen and oxygen atoms in total. The maximum Gasteiger partial charge on any atom is 0.174 e. The highest BCUT2D eigenvalue weighted by Gasteiger charge is 2.01. The van der Waals surface area contributed by atoms with Gasteiger partial charge in [-0.3, -0.25) is 0 Å². The second kappa shape index (κ2) is 6.34. The summed E-state index contributed by atoms with van der Waals surface area (Å²) in [5.74, 6) is 0.334. The number of phenolic OH excluding ortho intramolecular Hbond substituents is 2. The van der Waals surface area contributed by atoms with E-state index in [9.17, 15) is 10.2 Å². The third-order valence-corrected chi connectivity index (χ3v) is 2.67. The van der Waals surface area contributed by atoms with Crippen molar-refractivity contribution in [2.24, 2.45) is 0 Å². The predicted octanol–water partition coefficient (Wildman–Crippen LogP) is 2.61. The van der Waals surface area contributed by atoms with E-state index in [2.05, 4.69) is 5.32 Å². The van der Waals surface area contributed by atoms with Gasteiger partial charge in [0.15, 0.2) is 18.1 Å². The molecule has 3 N–H and O–H groups in total. The molecule has 2 aromatic carbocycles. The first-order valence-electron chi connectivity index (χ1n) is 6.03. The maximum absolute atomic E-state index is 9.41. The van der Waals surface area contributed by atoms with Gasteiger partial charge in [-0.1, -0.05) is 12.1 Å². The molecule has 0 saturated carbocycles. The highest BCUT2D eigenvalue weighted by molar-refractivity contribution is 5.49. The number of phenols is 2. The van der Waals surface area contributed by atoms with Gasteiger partial charge in [-0.25, -0.2) is 0 Å². The number of nitrogens with one attached hydrogen (secondary N) is 1. The Kier molecular flexibility index (Phi) is 4.30. The van der Waals surface area contributed by atoms with Crippen LogP contribution >= 0.6 is 0 Å². The topological polar surface area (TPSA) is 85.5 Å². The smallest absolute Gasteiger partial charge is 0.174 e. The largest absolute Gasteiger partial charge is 0.504 e. The van der Waals surface area contributed by atoms with Crippen LogP contribution in [0.25, 0.3) is 0 Å². The third-order valence-electron chi connectivity index (χ3n) is 2.67. The lowest BCUT2D eigenvalue weighted by atomic mass is 10.2. The monoisotopic (exact) mass is 270 g/mol. The second-order valence-electron chi connectivity index (χ2n) is 4.15. The Bertz CT molecular complexity index is 635. The lowest BCUT2D eigenvalue weighted by Crippen LogP contribution is -2.00. The molecule has 0 aliphatic carbocycles. The van der Waals surface area contributed by atoms with Crippen molar-refractivity contribution in [1.82, 2.24) is 0 Å². The number of nitriles is 1. The molecule has 102 valence electrons. The standard InChI is InChI=1S/C15H14N2O3/c16-6-7-20-13-3-1-2-12(9-13)17-10-11-4-5-14(18)15(19)8-11/h1-5,8-9,17-19H,7,10H2. The summed E-state index contributed by atoms with van der Waals surface area (Å²) in [6.07, 6.45) is 0. The fraction of sp³-hybridized carbons (Fsp3) is 0.133. The SMILES string of the molecule is N#CCOc1cccc(NCc2ccc(O)c(O)c2)c1. The van der Waals surface area contributed by atoms with E-state index in [1.54, 1.807) is 18.2 Å². The van der Waals surface area contributed by atoms with E-state index in [-0.39, 0.29) is 18.1 Å². The number of hydrogen-bond donors (Lipinski definition) is 3. The average Bonchev–Trinajstić information content (AvgIpc) is 2.47. The van der Waals surface area contributed by atoms with Crippen LogP contribution in [0.15, 0.2) is 42.5 Å². The first-order valence-corrected chi connectivity index (χ1v) is 6.03. The zero-order valence-corrected chi connectivity index (χ0v) is 10.7. The molecule has 0 bridgehead atoms. The van der Waals surface area contributed by atoms with Gasteiger partial charge in [-0.15, -0.1) is 0 Å². The van der Waals surface area contributed by atoms with Gasteiger partial charge in [0.25, 0.3) is 0 Å². The molecular formula is C15H14N2O3. The average molecular weight is 270 g/mol. The third kappa shape index (κ3) is 3.56. The van der Waals surface area contributed by atoms with Gasteiger partial charge in [0.05, 0.1) is 0 Å². The minimum absolute atomic E-state index is 0.00921. The van der Waals surface area contributed by atoms with Crippen molar-refractivity contribution < 1.29 is 14.9 Å². The molecule has 0 aliphatic heterocycles. The van der Waals surface area contributed by atoms with Crippen molar-refractivity contribution in [3.05, 3.63) is 48.0 Å². The number of ether oxygens (including phenoxy) is 1. The van der Waals surface area contributed by atoms with Crippen LogP contribution in [-0.2, 0) is 6.54 Å². The van der Waals surface area contributed by atoms with Crippen molar-refractivity contribution >= 4 is 5.69 Å². The van der Waals surface area contributed by atoms with Gasteiger partial charge < -0.3 is 20.3 Å². The van der Waals surface area contributed by atoms with E-state index in [1.807, 2.05) is 18.2 Å². The molecule has 0 atom stereocenters. The zero-order valence-electron chi connectivity index (χ0n) is 10.7. The number of rotatable bonds is 5. The lowest BCUT2D eigenvalue weighted by molar-refractivity contribution is 0.368. The van der Waals surface area contributed by atoms with E-state index < -0.39 is 0 Å². The summed E-state index contributed by atoms with van der Waals surface area (Å²) in [5.41, 5.74) is 1.68. The van der Waals surface area contributed by atoms with Crippen molar-refractivity contribution in [2.75, 3.05) is 11.9 Å². The van der Waals surface area contributed by atoms with Crippen molar-refractivity contribution in [3.63, 3.8) is 0 Å². The first kappa shape index (κ1) is 13.6. The van der Waals surface area contributed by atoms with Crippen LogP contribution in [0.1, 0.15) is 5.56 Å². The van der Waals surface area contributed by atoms with E-state index in [1.165, 1.54) is 12.1 Å². The quantitative estimate of drug-likeness (QED) is 0.727. The number of benzene rings is 2. The minimum atomic E-state index is -0.143. The molecule has 5 heteroatoms. The van der Waals surface area contributed by atoms with Gasteiger partial charge in [0.2, 0.25) is 0 Å². The summed E-state index contributed by atoms with van der Waals surface area (Å²) in [6, 6.07) is 13.8. The van der Waals surface area contributed by atoms with Gasteiger partial charge >= 0.3 is 0 Å². The second-order valence-corrected chi connectivity index (χ2v) is 4.15. The predicted molar refractivity (Wildman–Crippen MR) is 74.6 cm³/mol. The van der Waals surface area contributed by atoms with E-state index in [0.29, 0.717) is 12.3 Å². The number of anilines is 1. The van der Waals surface area contributed by atoms with Gasteiger partial charge in [-0.05, 0) is 29.8 Å². The van der Waals surface area contributed by atoms with Crippen molar-refractivity contribution in [2.45, 2.75) is 6.54 Å². The van der Waals surface area contributed by atoms with Crippen molar-refractivity contribution in [1.29, 1.82) is 5.26 Å². The summed E-state index contributed by atoms with van der Waals surface area (Å²) >= 11 is 0. The van der Waals surface area contributed by atoms with Gasteiger partial charge in [0.1, 0.15) is 11.8 Å². The minimum Gasteiger partial charge on any atom is -0.504 e. The van der Waals surface area contributed by atoms with Crippen LogP contribution in [0.4, 0.5) is 5.69 Å². The molecule has 0 aromatic heterocycles. The Morgan fingerprint density at radius 2 is 1.95 bits per heavy atom. The summed E-state index contributed by atoms with van der Waals surface area (Å²) in [6.45, 7) is 0.505. The Morgan fingerprint density at radius 3 is 2.70 bits per heavy atom. The van der Waals surface area contributed by atoms with Crippen LogP contribution < -0.4 is 10.1 Å². The molecule has 20 heavy (non-hydrogen) atoms. The summed E-state index contributed by atoms with van der Waals surface area (Å²) < 4.78 is 5.21. The molecule has 0 saturated heterocycles. The van der Waals surface area contributed by atoms with Crippen LogP contribution in [-0.4, -0.2) is 16.8 Å². The Labute approximate surface area is 116 Å². The van der Waals surface area contributed by atoms with Crippen molar-refractivity contribution in [3.8, 4) is 23.3 Å². The van der Waals surface area contributed by atoms with E-state index in [4.69, 9.17) is 10.00 Å². The van der Waals surface area contributed by atoms with Gasteiger partial charge in [-0.2, -0.15) is 5.26 Å². The normalized spacial score (nSPS) is 9.75. The summed E-state index contributed by atoms with van der Waals surface area (Å²) in [5, 5.41) is 30.3. The van der Waals surface area contributed by atoms with Gasteiger partial charge in [0, 0.05) is 18.3 Å². The number of hydrogen-bond acceptors (Lipinski definition) is 5. The molecule has 0 unspecified atom stereocenters. The first-order chi connectivity index (χ1) is 9.69.